The fraction of sp³-hybridized carbons (Fsp3) is 0.867. The standard InChI is InChI=1S/C15H30N4O2.HI/c1-4-16-15(18-10-12-21-3)17-9-8-14(20)19-11-6-5-7-13(19)2;/h13H,4-12H2,1-3H3,(H2,16,17,18);1H. The van der Waals surface area contributed by atoms with E-state index in [1.807, 2.05) is 11.8 Å². The van der Waals surface area contributed by atoms with Gasteiger partial charge in [-0.1, -0.05) is 0 Å². The molecule has 0 saturated carbocycles. The fourth-order valence-electron chi connectivity index (χ4n) is 2.49. The van der Waals surface area contributed by atoms with Crippen molar-refractivity contribution in [2.45, 2.75) is 45.6 Å². The predicted octanol–water partition coefficient (Wildman–Crippen LogP) is 1.60. The molecule has 1 rings (SSSR count). The van der Waals surface area contributed by atoms with Crippen molar-refractivity contribution in [3.05, 3.63) is 0 Å². The molecule has 2 N–H and O–H groups in total. The molecule has 1 atom stereocenters. The van der Waals surface area contributed by atoms with Gasteiger partial charge in [-0.2, -0.15) is 0 Å². The number of hydrogen-bond acceptors (Lipinski definition) is 3. The van der Waals surface area contributed by atoms with Crippen molar-refractivity contribution < 1.29 is 9.53 Å². The van der Waals surface area contributed by atoms with E-state index in [-0.39, 0.29) is 29.9 Å². The lowest BCUT2D eigenvalue weighted by atomic mass is 10.0. The average molecular weight is 426 g/mol. The summed E-state index contributed by atoms with van der Waals surface area (Å²) in [6, 6.07) is 0.384. The number of ether oxygens (including phenoxy) is 1. The summed E-state index contributed by atoms with van der Waals surface area (Å²) in [6.07, 6.45) is 4.00. The van der Waals surface area contributed by atoms with Gasteiger partial charge in [0.1, 0.15) is 0 Å². The van der Waals surface area contributed by atoms with Crippen LogP contribution in [0.3, 0.4) is 0 Å². The van der Waals surface area contributed by atoms with E-state index in [1.165, 1.54) is 6.42 Å². The first-order valence-electron chi connectivity index (χ1n) is 7.99. The molecule has 0 spiro atoms. The molecule has 6 nitrogen and oxygen atoms in total. The Kier molecular flexibility index (Phi) is 12.6. The second kappa shape index (κ2) is 12.9. The summed E-state index contributed by atoms with van der Waals surface area (Å²) >= 11 is 0. The van der Waals surface area contributed by atoms with Gasteiger partial charge in [0.2, 0.25) is 5.91 Å². The van der Waals surface area contributed by atoms with Crippen molar-refractivity contribution >= 4 is 35.8 Å². The predicted molar refractivity (Wildman–Crippen MR) is 101 cm³/mol. The second-order valence-electron chi connectivity index (χ2n) is 5.36. The molecule has 130 valence electrons. The van der Waals surface area contributed by atoms with Crippen LogP contribution in [0.25, 0.3) is 0 Å². The van der Waals surface area contributed by atoms with E-state index in [2.05, 4.69) is 22.5 Å². The maximum Gasteiger partial charge on any atom is 0.224 e. The lowest BCUT2D eigenvalue weighted by Crippen LogP contribution is -2.44. The minimum absolute atomic E-state index is 0. The molecule has 0 bridgehead atoms. The van der Waals surface area contributed by atoms with E-state index < -0.39 is 0 Å². The number of guanidine groups is 1. The first-order chi connectivity index (χ1) is 10.2. The van der Waals surface area contributed by atoms with E-state index in [1.54, 1.807) is 7.11 Å². The minimum Gasteiger partial charge on any atom is -0.383 e. The topological polar surface area (TPSA) is 66.0 Å². The highest BCUT2D eigenvalue weighted by Gasteiger charge is 2.22. The number of piperidine rings is 1. The van der Waals surface area contributed by atoms with Crippen LogP contribution in [-0.4, -0.2) is 62.7 Å². The summed E-state index contributed by atoms with van der Waals surface area (Å²) in [7, 11) is 1.66. The van der Waals surface area contributed by atoms with Crippen LogP contribution in [-0.2, 0) is 9.53 Å². The van der Waals surface area contributed by atoms with Gasteiger partial charge in [-0.3, -0.25) is 9.79 Å². The zero-order valence-corrected chi connectivity index (χ0v) is 16.4. The normalized spacial score (nSPS) is 18.6. The van der Waals surface area contributed by atoms with Crippen LogP contribution in [0.1, 0.15) is 39.5 Å². The van der Waals surface area contributed by atoms with Gasteiger partial charge >= 0.3 is 0 Å². The summed E-state index contributed by atoms with van der Waals surface area (Å²) in [6.45, 7) is 7.69. The number of halogens is 1. The SMILES string of the molecule is CCNC(=NCCOC)NCCC(=O)N1CCCCC1C.I. The Bertz CT molecular complexity index is 340. The molecule has 0 aromatic heterocycles. The van der Waals surface area contributed by atoms with Crippen LogP contribution in [0.15, 0.2) is 4.99 Å². The molecule has 0 aliphatic carbocycles. The third kappa shape index (κ3) is 8.17. The zero-order chi connectivity index (χ0) is 15.5. The number of methoxy groups -OCH3 is 1. The van der Waals surface area contributed by atoms with Gasteiger partial charge in [0.05, 0.1) is 13.2 Å². The monoisotopic (exact) mass is 426 g/mol. The van der Waals surface area contributed by atoms with Gasteiger partial charge in [0.25, 0.3) is 0 Å². The quantitative estimate of drug-likeness (QED) is 0.281. The Morgan fingerprint density at radius 2 is 2.14 bits per heavy atom. The molecule has 1 saturated heterocycles. The Morgan fingerprint density at radius 1 is 1.36 bits per heavy atom. The summed E-state index contributed by atoms with van der Waals surface area (Å²) in [4.78, 5) is 18.6. The summed E-state index contributed by atoms with van der Waals surface area (Å²) in [5, 5.41) is 6.36. The number of amides is 1. The van der Waals surface area contributed by atoms with Gasteiger partial charge in [0, 0.05) is 39.2 Å². The highest BCUT2D eigenvalue weighted by atomic mass is 127. The van der Waals surface area contributed by atoms with Crippen LogP contribution in [0.5, 0.6) is 0 Å². The summed E-state index contributed by atoms with van der Waals surface area (Å²) in [5.74, 6) is 0.983. The molecule has 0 aromatic rings. The van der Waals surface area contributed by atoms with Crippen molar-refractivity contribution in [1.82, 2.24) is 15.5 Å². The first kappa shape index (κ1) is 21.4. The number of hydrogen-bond donors (Lipinski definition) is 2. The van der Waals surface area contributed by atoms with Crippen molar-refractivity contribution in [1.29, 1.82) is 0 Å². The number of rotatable bonds is 7. The molecule has 1 aliphatic heterocycles. The Labute approximate surface area is 151 Å². The van der Waals surface area contributed by atoms with Crippen molar-refractivity contribution in [2.24, 2.45) is 4.99 Å². The number of aliphatic imine (C=N–C) groups is 1. The maximum absolute atomic E-state index is 12.2. The third-order valence-corrected chi connectivity index (χ3v) is 3.66. The van der Waals surface area contributed by atoms with Crippen LogP contribution in [0.2, 0.25) is 0 Å². The molecule has 1 fully saturated rings. The minimum atomic E-state index is 0. The van der Waals surface area contributed by atoms with Gasteiger partial charge in [-0.15, -0.1) is 24.0 Å². The average Bonchev–Trinajstić information content (AvgIpc) is 2.48. The molecule has 22 heavy (non-hydrogen) atoms. The van der Waals surface area contributed by atoms with E-state index in [0.29, 0.717) is 32.2 Å². The van der Waals surface area contributed by atoms with Crippen LogP contribution >= 0.6 is 24.0 Å². The molecule has 0 aromatic carbocycles. The molecular formula is C15H31IN4O2. The second-order valence-corrected chi connectivity index (χ2v) is 5.36. The van der Waals surface area contributed by atoms with Crippen molar-refractivity contribution in [3.63, 3.8) is 0 Å². The van der Waals surface area contributed by atoms with E-state index in [9.17, 15) is 4.79 Å². The van der Waals surface area contributed by atoms with E-state index >= 15 is 0 Å². The molecule has 7 heteroatoms. The molecule has 0 radical (unpaired) electrons. The fourth-order valence-corrected chi connectivity index (χ4v) is 2.49. The van der Waals surface area contributed by atoms with Crippen molar-refractivity contribution in [2.75, 3.05) is 39.9 Å². The highest BCUT2D eigenvalue weighted by Crippen LogP contribution is 2.16. The van der Waals surface area contributed by atoms with E-state index in [0.717, 1.165) is 31.9 Å². The highest BCUT2D eigenvalue weighted by molar-refractivity contribution is 14.0. The molecule has 1 unspecified atom stereocenters. The first-order valence-corrected chi connectivity index (χ1v) is 7.99. The van der Waals surface area contributed by atoms with Gasteiger partial charge in [0.15, 0.2) is 5.96 Å². The smallest absolute Gasteiger partial charge is 0.224 e. The van der Waals surface area contributed by atoms with Crippen LogP contribution in [0.4, 0.5) is 0 Å². The molecule has 1 amide bonds. The molecular weight excluding hydrogens is 395 g/mol. The maximum atomic E-state index is 12.2. The van der Waals surface area contributed by atoms with Crippen LogP contribution < -0.4 is 10.6 Å². The van der Waals surface area contributed by atoms with Gasteiger partial charge in [-0.05, 0) is 33.1 Å². The number of nitrogens with zero attached hydrogens (tertiary/aromatic N) is 2. The van der Waals surface area contributed by atoms with E-state index in [4.69, 9.17) is 4.74 Å². The number of likely N-dealkylation sites (tertiary alicyclic amines) is 1. The number of carbonyl (C=O) groups excluding carboxylic acids is 1. The largest absolute Gasteiger partial charge is 0.383 e. The Hall–Kier alpha value is -0.570. The third-order valence-electron chi connectivity index (χ3n) is 3.66. The number of nitrogens with one attached hydrogen (secondary N) is 2. The lowest BCUT2D eigenvalue weighted by molar-refractivity contribution is -0.134. The van der Waals surface area contributed by atoms with Crippen molar-refractivity contribution in [3.8, 4) is 0 Å². The van der Waals surface area contributed by atoms with Gasteiger partial charge < -0.3 is 20.3 Å². The number of carbonyl (C=O) groups is 1. The van der Waals surface area contributed by atoms with Crippen LogP contribution in [0, 0.1) is 0 Å². The Balaban J connectivity index is 0.00000441. The Morgan fingerprint density at radius 3 is 2.77 bits per heavy atom. The zero-order valence-electron chi connectivity index (χ0n) is 14.1. The lowest BCUT2D eigenvalue weighted by Gasteiger charge is -2.33. The molecule has 1 aliphatic rings. The van der Waals surface area contributed by atoms with Gasteiger partial charge in [-0.25, -0.2) is 0 Å². The summed E-state index contributed by atoms with van der Waals surface area (Å²) < 4.78 is 4.98. The molecule has 1 heterocycles. The summed E-state index contributed by atoms with van der Waals surface area (Å²) in [5.41, 5.74) is 0.